The third-order valence-corrected chi connectivity index (χ3v) is 5.95. The molecule has 0 spiro atoms. The normalized spacial score (nSPS) is 15.7. The number of furan rings is 1. The van der Waals surface area contributed by atoms with E-state index in [1.807, 2.05) is 37.3 Å². The highest BCUT2D eigenvalue weighted by molar-refractivity contribution is 5.93. The largest absolute Gasteiger partial charge is 0.461 e. The van der Waals surface area contributed by atoms with Gasteiger partial charge in [-0.15, -0.1) is 0 Å². The number of hydrogen-bond donors (Lipinski definition) is 3. The lowest BCUT2D eigenvalue weighted by atomic mass is 10.1. The van der Waals surface area contributed by atoms with Crippen LogP contribution in [0.4, 0.5) is 5.82 Å². The molecule has 5 rings (SSSR count). The quantitative estimate of drug-likeness (QED) is 0.515. The zero-order valence-electron chi connectivity index (χ0n) is 19.5. The summed E-state index contributed by atoms with van der Waals surface area (Å²) in [5.74, 6) is 1.35. The Morgan fingerprint density at radius 1 is 1.29 bits per heavy atom. The van der Waals surface area contributed by atoms with Crippen molar-refractivity contribution in [2.75, 3.05) is 25.5 Å². The Morgan fingerprint density at radius 3 is 2.79 bits per heavy atom. The molecule has 1 aromatic carbocycles. The maximum absolute atomic E-state index is 12.6. The minimum Gasteiger partial charge on any atom is -0.461 e. The van der Waals surface area contributed by atoms with Gasteiger partial charge in [-0.2, -0.15) is 0 Å². The van der Waals surface area contributed by atoms with Crippen LogP contribution in [0.5, 0.6) is 0 Å². The summed E-state index contributed by atoms with van der Waals surface area (Å²) < 4.78 is 5.79. The lowest BCUT2D eigenvalue weighted by molar-refractivity contribution is -0.125. The number of aliphatic hydroxyl groups excluding tert-OH is 1. The van der Waals surface area contributed by atoms with E-state index in [4.69, 9.17) is 9.52 Å². The van der Waals surface area contributed by atoms with Gasteiger partial charge in [0, 0.05) is 56.3 Å². The molecular weight excluding hydrogens is 432 g/mol. The molecule has 4 heterocycles. The Balaban J connectivity index is 0.000000486. The summed E-state index contributed by atoms with van der Waals surface area (Å²) in [4.78, 5) is 30.2. The fourth-order valence-electron chi connectivity index (χ4n) is 3.86. The van der Waals surface area contributed by atoms with Crippen molar-refractivity contribution in [2.45, 2.75) is 38.8 Å². The highest BCUT2D eigenvalue weighted by Gasteiger charge is 2.16. The van der Waals surface area contributed by atoms with Gasteiger partial charge in [0.2, 0.25) is 11.8 Å². The molecule has 0 atom stereocenters. The van der Waals surface area contributed by atoms with Gasteiger partial charge in [-0.3, -0.25) is 9.59 Å². The summed E-state index contributed by atoms with van der Waals surface area (Å²) in [6.07, 6.45) is 7.04. The van der Waals surface area contributed by atoms with Gasteiger partial charge in [-0.25, -0.2) is 4.98 Å². The van der Waals surface area contributed by atoms with Gasteiger partial charge < -0.3 is 25.1 Å². The minimum atomic E-state index is -0.0991. The van der Waals surface area contributed by atoms with Crippen LogP contribution in [-0.4, -0.2) is 53.0 Å². The van der Waals surface area contributed by atoms with E-state index in [0.717, 1.165) is 59.4 Å². The Morgan fingerprint density at radius 2 is 2.06 bits per heavy atom. The van der Waals surface area contributed by atoms with E-state index < -0.39 is 0 Å². The van der Waals surface area contributed by atoms with Crippen LogP contribution in [-0.2, 0) is 22.6 Å². The number of anilines is 1. The SMILES string of the molecule is Cc1oc2ccccc2c1CN(C)C(=O)/C=C/c1cnc2c(c1)CCCC(=O)N2.OC1CNC1. The molecule has 0 saturated carbocycles. The lowest BCUT2D eigenvalue weighted by Gasteiger charge is -2.20. The molecule has 8 nitrogen and oxygen atoms in total. The van der Waals surface area contributed by atoms with Crippen molar-refractivity contribution >= 4 is 34.7 Å². The van der Waals surface area contributed by atoms with Crippen LogP contribution in [0.1, 0.15) is 35.3 Å². The van der Waals surface area contributed by atoms with Crippen LogP contribution in [0.2, 0.25) is 0 Å². The molecule has 8 heteroatoms. The van der Waals surface area contributed by atoms with E-state index in [-0.39, 0.29) is 17.9 Å². The van der Waals surface area contributed by atoms with E-state index >= 15 is 0 Å². The van der Waals surface area contributed by atoms with E-state index in [9.17, 15) is 9.59 Å². The van der Waals surface area contributed by atoms with Gasteiger partial charge in [0.1, 0.15) is 17.2 Å². The average Bonchev–Trinajstić information content (AvgIpc) is 2.99. The first-order valence-electron chi connectivity index (χ1n) is 11.5. The molecule has 34 heavy (non-hydrogen) atoms. The first-order valence-corrected chi connectivity index (χ1v) is 11.5. The number of hydrogen-bond acceptors (Lipinski definition) is 6. The number of aromatic nitrogens is 1. The molecule has 1 saturated heterocycles. The van der Waals surface area contributed by atoms with E-state index in [1.165, 1.54) is 0 Å². The third-order valence-electron chi connectivity index (χ3n) is 5.95. The van der Waals surface area contributed by atoms with Gasteiger partial charge >= 0.3 is 0 Å². The Hall–Kier alpha value is -3.49. The zero-order valence-corrected chi connectivity index (χ0v) is 19.5. The Bertz CT molecular complexity index is 1210. The van der Waals surface area contributed by atoms with E-state index in [0.29, 0.717) is 18.8 Å². The first-order chi connectivity index (χ1) is 16.4. The van der Waals surface area contributed by atoms with Crippen LogP contribution in [0, 0.1) is 6.92 Å². The molecule has 2 aromatic heterocycles. The van der Waals surface area contributed by atoms with E-state index in [1.54, 1.807) is 30.3 Å². The Labute approximate surface area is 198 Å². The number of rotatable bonds is 4. The first kappa shape index (κ1) is 23.7. The average molecular weight is 463 g/mol. The summed E-state index contributed by atoms with van der Waals surface area (Å²) in [6.45, 7) is 3.98. The van der Waals surface area contributed by atoms with Crippen LogP contribution >= 0.6 is 0 Å². The van der Waals surface area contributed by atoms with Crippen molar-refractivity contribution in [3.05, 3.63) is 65.1 Å². The summed E-state index contributed by atoms with van der Waals surface area (Å²) in [5, 5.41) is 15.1. The highest BCUT2D eigenvalue weighted by Crippen LogP contribution is 2.26. The van der Waals surface area contributed by atoms with E-state index in [2.05, 4.69) is 15.6 Å². The number of pyridine rings is 1. The maximum atomic E-state index is 12.6. The van der Waals surface area contributed by atoms with Crippen LogP contribution in [0.25, 0.3) is 17.0 Å². The molecule has 2 aliphatic rings. The number of β-amino-alcohol motifs (C(OH)–C–C–N with tert-alkyl or cyclic N) is 1. The second kappa shape index (κ2) is 10.6. The van der Waals surface area contributed by atoms with Gasteiger partial charge in [-0.1, -0.05) is 18.2 Å². The smallest absolute Gasteiger partial charge is 0.246 e. The molecule has 3 aromatic rings. The number of amides is 2. The van der Waals surface area contributed by atoms with Gasteiger partial charge in [0.25, 0.3) is 0 Å². The topological polar surface area (TPSA) is 108 Å². The molecule has 178 valence electrons. The number of benzene rings is 1. The number of likely N-dealkylation sites (N-methyl/N-ethyl adjacent to an activating group) is 1. The molecule has 0 bridgehead atoms. The number of aliphatic hydroxyl groups is 1. The fraction of sp³-hybridized carbons (Fsp3) is 0.346. The summed E-state index contributed by atoms with van der Waals surface area (Å²) in [6, 6.07) is 9.82. The molecule has 2 aliphatic heterocycles. The zero-order chi connectivity index (χ0) is 24.1. The van der Waals surface area contributed by atoms with Crippen molar-refractivity contribution in [1.29, 1.82) is 0 Å². The summed E-state index contributed by atoms with van der Waals surface area (Å²) in [5.41, 5.74) is 3.69. The van der Waals surface area contributed by atoms with Crippen molar-refractivity contribution in [3.8, 4) is 0 Å². The van der Waals surface area contributed by atoms with Gasteiger partial charge in [-0.05, 0) is 49.1 Å². The Kier molecular flexibility index (Phi) is 7.40. The highest BCUT2D eigenvalue weighted by atomic mass is 16.3. The molecule has 2 amide bonds. The second-order valence-corrected chi connectivity index (χ2v) is 8.65. The number of nitrogens with one attached hydrogen (secondary N) is 2. The molecule has 0 radical (unpaired) electrons. The summed E-state index contributed by atoms with van der Waals surface area (Å²) in [7, 11) is 1.78. The van der Waals surface area contributed by atoms with Crippen LogP contribution in [0.15, 0.2) is 47.0 Å². The van der Waals surface area contributed by atoms with Crippen molar-refractivity contribution in [3.63, 3.8) is 0 Å². The van der Waals surface area contributed by atoms with Crippen molar-refractivity contribution < 1.29 is 19.1 Å². The van der Waals surface area contributed by atoms with Crippen LogP contribution in [0.3, 0.4) is 0 Å². The number of fused-ring (bicyclic) bond motifs is 2. The number of para-hydroxylation sites is 1. The standard InChI is InChI=1S/C23H23N3O3.C3H7NO/c1-15-19(18-7-3-4-8-20(18)29-15)14-26(2)22(28)11-10-16-12-17-6-5-9-21(27)25-23(17)24-13-16;5-3-1-4-2-3/h3-4,7-8,10-13H,5-6,9,14H2,1-2H3,(H,24,25,27);3-5H,1-2H2/b11-10+;. The number of carbonyl (C=O) groups excluding carboxylic acids is 2. The number of nitrogens with zero attached hydrogens (tertiary/aromatic N) is 2. The third kappa shape index (κ3) is 5.70. The molecule has 1 fully saturated rings. The van der Waals surface area contributed by atoms with Gasteiger partial charge in [0.05, 0.1) is 6.10 Å². The predicted molar refractivity (Wildman–Crippen MR) is 131 cm³/mol. The monoisotopic (exact) mass is 462 g/mol. The van der Waals surface area contributed by atoms with Crippen LogP contribution < -0.4 is 10.6 Å². The second-order valence-electron chi connectivity index (χ2n) is 8.65. The van der Waals surface area contributed by atoms with Crippen molar-refractivity contribution in [2.24, 2.45) is 0 Å². The summed E-state index contributed by atoms with van der Waals surface area (Å²) >= 11 is 0. The fourth-order valence-corrected chi connectivity index (χ4v) is 3.86. The predicted octanol–water partition coefficient (Wildman–Crippen LogP) is 3.03. The molecule has 3 N–H and O–H groups in total. The number of carbonyl (C=O) groups is 2. The number of aryl methyl sites for hydroxylation is 2. The molecular formula is C26H30N4O4. The lowest BCUT2D eigenvalue weighted by Crippen LogP contribution is -2.46. The van der Waals surface area contributed by atoms with Crippen molar-refractivity contribution in [1.82, 2.24) is 15.2 Å². The maximum Gasteiger partial charge on any atom is 0.246 e. The minimum absolute atomic E-state index is 0.00147. The molecule has 0 unspecified atom stereocenters. The molecule has 0 aliphatic carbocycles. The van der Waals surface area contributed by atoms with Gasteiger partial charge in [0.15, 0.2) is 0 Å².